The summed E-state index contributed by atoms with van der Waals surface area (Å²) in [5, 5.41) is 19.5. The molecule has 1 aliphatic rings. The van der Waals surface area contributed by atoms with E-state index < -0.39 is 4.92 Å². The van der Waals surface area contributed by atoms with Gasteiger partial charge in [0.25, 0.3) is 5.69 Å². The van der Waals surface area contributed by atoms with E-state index in [2.05, 4.69) is 0 Å². The Bertz CT molecular complexity index is 527. The normalized spacial score (nSPS) is 14.1. The SMILES string of the molecule is N#Cc1cc([N+](=O)[O-])ccc1CC(=O)C1CC1. The van der Waals surface area contributed by atoms with Crippen molar-refractivity contribution >= 4 is 11.5 Å². The molecule has 2 rings (SSSR count). The van der Waals surface area contributed by atoms with Gasteiger partial charge in [-0.05, 0) is 18.4 Å². The number of ketones is 1. The van der Waals surface area contributed by atoms with Gasteiger partial charge in [-0.25, -0.2) is 0 Å². The number of carbonyl (C=O) groups excluding carboxylic acids is 1. The van der Waals surface area contributed by atoms with Crippen LogP contribution >= 0.6 is 0 Å². The Labute approximate surface area is 97.8 Å². The first-order valence-corrected chi connectivity index (χ1v) is 5.32. The Kier molecular flexibility index (Phi) is 2.88. The molecule has 1 aromatic carbocycles. The third-order valence-electron chi connectivity index (χ3n) is 2.82. The van der Waals surface area contributed by atoms with Crippen molar-refractivity contribution in [1.29, 1.82) is 5.26 Å². The summed E-state index contributed by atoms with van der Waals surface area (Å²) in [6.45, 7) is 0. The fourth-order valence-corrected chi connectivity index (χ4v) is 1.67. The number of nitriles is 1. The Hall–Kier alpha value is -2.22. The highest BCUT2D eigenvalue weighted by atomic mass is 16.6. The van der Waals surface area contributed by atoms with Gasteiger partial charge in [0.2, 0.25) is 0 Å². The van der Waals surface area contributed by atoms with Crippen LogP contribution in [-0.2, 0) is 11.2 Å². The topological polar surface area (TPSA) is 84.0 Å². The summed E-state index contributed by atoms with van der Waals surface area (Å²) >= 11 is 0. The molecule has 0 aromatic heterocycles. The molecule has 1 aliphatic carbocycles. The van der Waals surface area contributed by atoms with Crippen molar-refractivity contribution in [2.75, 3.05) is 0 Å². The summed E-state index contributed by atoms with van der Waals surface area (Å²) in [6, 6.07) is 5.94. The summed E-state index contributed by atoms with van der Waals surface area (Å²) in [4.78, 5) is 21.6. The summed E-state index contributed by atoms with van der Waals surface area (Å²) in [7, 11) is 0. The molecule has 5 heteroatoms. The van der Waals surface area contributed by atoms with Crippen molar-refractivity contribution in [3.8, 4) is 6.07 Å². The van der Waals surface area contributed by atoms with Crippen molar-refractivity contribution in [2.45, 2.75) is 19.3 Å². The predicted molar refractivity (Wildman–Crippen MR) is 59.2 cm³/mol. The average Bonchev–Trinajstić information content (AvgIpc) is 3.13. The van der Waals surface area contributed by atoms with E-state index >= 15 is 0 Å². The number of Topliss-reactive ketones (excluding diaryl/α,β-unsaturated/α-hetero) is 1. The fraction of sp³-hybridized carbons (Fsp3) is 0.333. The molecule has 0 heterocycles. The van der Waals surface area contributed by atoms with E-state index in [4.69, 9.17) is 5.26 Å². The van der Waals surface area contributed by atoms with Gasteiger partial charge in [-0.3, -0.25) is 14.9 Å². The van der Waals surface area contributed by atoms with Crippen molar-refractivity contribution in [2.24, 2.45) is 5.92 Å². The van der Waals surface area contributed by atoms with E-state index in [1.165, 1.54) is 18.2 Å². The van der Waals surface area contributed by atoms with Crippen molar-refractivity contribution in [3.05, 3.63) is 39.4 Å². The predicted octanol–water partition coefficient (Wildman–Crippen LogP) is 1.99. The first kappa shape index (κ1) is 11.3. The van der Waals surface area contributed by atoms with Gasteiger partial charge in [0.1, 0.15) is 5.78 Å². The summed E-state index contributed by atoms with van der Waals surface area (Å²) in [5.74, 6) is 0.257. The van der Waals surface area contributed by atoms with Gasteiger partial charge in [0.15, 0.2) is 0 Å². The molecule has 0 N–H and O–H groups in total. The molecule has 1 aromatic rings. The van der Waals surface area contributed by atoms with Gasteiger partial charge in [-0.2, -0.15) is 5.26 Å². The maximum Gasteiger partial charge on any atom is 0.270 e. The van der Waals surface area contributed by atoms with Crippen molar-refractivity contribution in [1.82, 2.24) is 0 Å². The minimum atomic E-state index is -0.548. The molecule has 0 unspecified atom stereocenters. The molecule has 0 saturated heterocycles. The second kappa shape index (κ2) is 4.34. The lowest BCUT2D eigenvalue weighted by Gasteiger charge is -2.02. The molecule has 1 saturated carbocycles. The second-order valence-corrected chi connectivity index (χ2v) is 4.13. The largest absolute Gasteiger partial charge is 0.299 e. The minimum absolute atomic E-state index is 0.121. The van der Waals surface area contributed by atoms with Crippen LogP contribution in [0.1, 0.15) is 24.0 Å². The number of benzene rings is 1. The number of nitrogens with zero attached hydrogens (tertiary/aromatic N) is 2. The van der Waals surface area contributed by atoms with Gasteiger partial charge in [-0.15, -0.1) is 0 Å². The molecule has 0 bridgehead atoms. The van der Waals surface area contributed by atoms with Gasteiger partial charge in [0.05, 0.1) is 16.6 Å². The Morgan fingerprint density at radius 2 is 2.24 bits per heavy atom. The van der Waals surface area contributed by atoms with Gasteiger partial charge >= 0.3 is 0 Å². The molecule has 0 spiro atoms. The number of hydrogen-bond acceptors (Lipinski definition) is 4. The van der Waals surface area contributed by atoms with E-state index in [0.29, 0.717) is 5.56 Å². The third kappa shape index (κ3) is 2.48. The van der Waals surface area contributed by atoms with E-state index in [-0.39, 0.29) is 29.4 Å². The maximum absolute atomic E-state index is 11.6. The van der Waals surface area contributed by atoms with Crippen LogP contribution in [0.2, 0.25) is 0 Å². The zero-order valence-electron chi connectivity index (χ0n) is 9.05. The highest BCUT2D eigenvalue weighted by molar-refractivity contribution is 5.85. The lowest BCUT2D eigenvalue weighted by Crippen LogP contribution is -2.06. The zero-order valence-corrected chi connectivity index (χ0v) is 9.05. The third-order valence-corrected chi connectivity index (χ3v) is 2.82. The molecule has 0 amide bonds. The number of non-ortho nitro benzene ring substituents is 1. The minimum Gasteiger partial charge on any atom is -0.299 e. The van der Waals surface area contributed by atoms with E-state index in [1.807, 2.05) is 6.07 Å². The lowest BCUT2D eigenvalue weighted by molar-refractivity contribution is -0.384. The lowest BCUT2D eigenvalue weighted by atomic mass is 10.0. The Morgan fingerprint density at radius 1 is 1.53 bits per heavy atom. The first-order valence-electron chi connectivity index (χ1n) is 5.32. The molecule has 0 radical (unpaired) electrons. The number of nitro groups is 1. The molecular formula is C12H10N2O3. The van der Waals surface area contributed by atoms with Crippen LogP contribution in [0.15, 0.2) is 18.2 Å². The first-order chi connectivity index (χ1) is 8.11. The molecule has 17 heavy (non-hydrogen) atoms. The highest BCUT2D eigenvalue weighted by Gasteiger charge is 2.29. The molecule has 1 fully saturated rings. The smallest absolute Gasteiger partial charge is 0.270 e. The van der Waals surface area contributed by atoms with Crippen molar-refractivity contribution in [3.63, 3.8) is 0 Å². The number of nitro benzene ring substituents is 1. The van der Waals surface area contributed by atoms with Crippen LogP contribution in [0.5, 0.6) is 0 Å². The van der Waals surface area contributed by atoms with Crippen LogP contribution in [0.25, 0.3) is 0 Å². The van der Waals surface area contributed by atoms with Crippen LogP contribution in [0.3, 0.4) is 0 Å². The second-order valence-electron chi connectivity index (χ2n) is 4.13. The maximum atomic E-state index is 11.6. The molecule has 0 aliphatic heterocycles. The van der Waals surface area contributed by atoms with Gasteiger partial charge in [-0.1, -0.05) is 6.07 Å². The molecule has 0 atom stereocenters. The summed E-state index contributed by atoms with van der Waals surface area (Å²) < 4.78 is 0. The average molecular weight is 230 g/mol. The van der Waals surface area contributed by atoms with Gasteiger partial charge in [0, 0.05) is 24.5 Å². The van der Waals surface area contributed by atoms with E-state index in [0.717, 1.165) is 12.8 Å². The van der Waals surface area contributed by atoms with Crippen LogP contribution in [0.4, 0.5) is 5.69 Å². The molecular weight excluding hydrogens is 220 g/mol. The van der Waals surface area contributed by atoms with E-state index in [9.17, 15) is 14.9 Å². The Morgan fingerprint density at radius 3 is 2.76 bits per heavy atom. The summed E-state index contributed by atoms with van der Waals surface area (Å²) in [6.07, 6.45) is 2.05. The number of hydrogen-bond donors (Lipinski definition) is 0. The summed E-state index contributed by atoms with van der Waals surface area (Å²) in [5.41, 5.74) is 0.673. The van der Waals surface area contributed by atoms with Crippen LogP contribution in [-0.4, -0.2) is 10.7 Å². The fourth-order valence-electron chi connectivity index (χ4n) is 1.67. The quantitative estimate of drug-likeness (QED) is 0.584. The number of rotatable bonds is 4. The standard InChI is InChI=1S/C12H10N2O3/c13-7-10-5-11(14(16)17)4-3-9(10)6-12(15)8-1-2-8/h3-5,8H,1-2,6H2. The number of carbonyl (C=O) groups is 1. The molecule has 86 valence electrons. The highest BCUT2D eigenvalue weighted by Crippen LogP contribution is 2.31. The monoisotopic (exact) mass is 230 g/mol. The van der Waals surface area contributed by atoms with Crippen LogP contribution in [0, 0.1) is 27.4 Å². The van der Waals surface area contributed by atoms with Crippen LogP contribution < -0.4 is 0 Å². The Balaban J connectivity index is 2.24. The van der Waals surface area contributed by atoms with Gasteiger partial charge < -0.3 is 0 Å². The van der Waals surface area contributed by atoms with Crippen molar-refractivity contribution < 1.29 is 9.72 Å². The zero-order chi connectivity index (χ0) is 12.4. The van der Waals surface area contributed by atoms with E-state index in [1.54, 1.807) is 0 Å². The molecule has 5 nitrogen and oxygen atoms in total.